The second-order valence-corrected chi connectivity index (χ2v) is 3.34. The van der Waals surface area contributed by atoms with Crippen molar-refractivity contribution in [1.82, 2.24) is 0 Å². The van der Waals surface area contributed by atoms with Gasteiger partial charge in [0.05, 0.1) is 11.9 Å². The maximum absolute atomic E-state index is 9.38. The molecule has 1 unspecified atom stereocenters. The summed E-state index contributed by atoms with van der Waals surface area (Å²) in [7, 11) is 0. The Morgan fingerprint density at radius 1 is 1.27 bits per heavy atom. The zero-order chi connectivity index (χ0) is 9.02. The summed E-state index contributed by atoms with van der Waals surface area (Å²) < 4.78 is 0. The van der Waals surface area contributed by atoms with Crippen molar-refractivity contribution in [1.29, 1.82) is 0 Å². The van der Waals surface area contributed by atoms with E-state index in [0.29, 0.717) is 18.1 Å². The van der Waals surface area contributed by atoms with E-state index >= 15 is 0 Å². The molecule has 2 heteroatoms. The molecule has 0 aromatic carbocycles. The molecule has 0 rings (SSSR count). The van der Waals surface area contributed by atoms with Crippen LogP contribution in [0.3, 0.4) is 0 Å². The van der Waals surface area contributed by atoms with Crippen LogP contribution in [0.2, 0.25) is 0 Å². The van der Waals surface area contributed by atoms with Gasteiger partial charge in [-0.05, 0) is 25.3 Å². The fourth-order valence-corrected chi connectivity index (χ4v) is 0.774. The Morgan fingerprint density at radius 2 is 1.73 bits per heavy atom. The van der Waals surface area contributed by atoms with E-state index < -0.39 is 6.10 Å². The van der Waals surface area contributed by atoms with Crippen LogP contribution >= 0.6 is 0 Å². The van der Waals surface area contributed by atoms with Gasteiger partial charge in [-0.15, -0.1) is 0 Å². The van der Waals surface area contributed by atoms with E-state index in [0.717, 1.165) is 5.57 Å². The SMILES string of the molecule is C/C(=C(\O)CC(C)O)C(C)C. The first-order chi connectivity index (χ1) is 4.95. The highest BCUT2D eigenvalue weighted by atomic mass is 16.3. The Balaban J connectivity index is 4.16. The van der Waals surface area contributed by atoms with Crippen LogP contribution < -0.4 is 0 Å². The van der Waals surface area contributed by atoms with Crippen LogP contribution in [0, 0.1) is 5.92 Å². The highest BCUT2D eigenvalue weighted by Gasteiger charge is 2.06. The average molecular weight is 158 g/mol. The smallest absolute Gasteiger partial charge is 0.0940 e. The molecule has 0 radical (unpaired) electrons. The molecule has 0 amide bonds. The first kappa shape index (κ1) is 10.5. The Kier molecular flexibility index (Phi) is 4.19. The van der Waals surface area contributed by atoms with Gasteiger partial charge < -0.3 is 10.2 Å². The average Bonchev–Trinajstić information content (AvgIpc) is 1.84. The standard InChI is InChI=1S/C9H18O2/c1-6(2)8(4)9(11)5-7(3)10/h6-7,10-11H,5H2,1-4H3/b9-8+. The minimum absolute atomic E-state index is 0.329. The highest BCUT2D eigenvalue weighted by molar-refractivity contribution is 5.07. The minimum atomic E-state index is -0.455. The maximum Gasteiger partial charge on any atom is 0.0940 e. The van der Waals surface area contributed by atoms with Crippen molar-refractivity contribution < 1.29 is 10.2 Å². The van der Waals surface area contributed by atoms with Crippen LogP contribution in [0.1, 0.15) is 34.1 Å². The van der Waals surface area contributed by atoms with E-state index in [9.17, 15) is 5.11 Å². The van der Waals surface area contributed by atoms with Gasteiger partial charge in [-0.3, -0.25) is 0 Å². The summed E-state index contributed by atoms with van der Waals surface area (Å²) in [5.74, 6) is 0.684. The molecule has 0 aromatic heterocycles. The van der Waals surface area contributed by atoms with Gasteiger partial charge in [0.2, 0.25) is 0 Å². The molecule has 0 fully saturated rings. The molecule has 0 saturated carbocycles. The normalized spacial score (nSPS) is 16.5. The monoisotopic (exact) mass is 158 g/mol. The third kappa shape index (κ3) is 4.04. The molecule has 11 heavy (non-hydrogen) atoms. The molecule has 1 atom stereocenters. The second-order valence-electron chi connectivity index (χ2n) is 3.34. The van der Waals surface area contributed by atoms with Crippen molar-refractivity contribution in [3.63, 3.8) is 0 Å². The zero-order valence-corrected chi connectivity index (χ0v) is 7.76. The number of allylic oxidation sites excluding steroid dienone is 1. The molecule has 0 heterocycles. The summed E-state index contributed by atoms with van der Waals surface area (Å²) in [6.07, 6.45) is -0.0898. The molecule has 0 spiro atoms. The predicted octanol–water partition coefficient (Wildman–Crippen LogP) is 2.25. The largest absolute Gasteiger partial charge is 0.512 e. The minimum Gasteiger partial charge on any atom is -0.512 e. The van der Waals surface area contributed by atoms with E-state index in [1.165, 1.54) is 0 Å². The number of aliphatic hydroxyl groups excluding tert-OH is 2. The molecule has 0 saturated heterocycles. The van der Waals surface area contributed by atoms with Crippen molar-refractivity contribution in [3.8, 4) is 0 Å². The quantitative estimate of drug-likeness (QED) is 0.618. The van der Waals surface area contributed by atoms with Crippen molar-refractivity contribution in [3.05, 3.63) is 11.3 Å². The van der Waals surface area contributed by atoms with Crippen LogP contribution in [-0.4, -0.2) is 16.3 Å². The molecule has 0 bridgehead atoms. The van der Waals surface area contributed by atoms with Gasteiger partial charge in [0, 0.05) is 6.42 Å². The lowest BCUT2D eigenvalue weighted by Gasteiger charge is -2.10. The molecule has 0 aliphatic rings. The summed E-state index contributed by atoms with van der Waals surface area (Å²) in [5, 5.41) is 18.3. The number of hydrogen-bond donors (Lipinski definition) is 2. The van der Waals surface area contributed by atoms with Crippen LogP contribution in [0.4, 0.5) is 0 Å². The molecule has 2 N–H and O–H groups in total. The van der Waals surface area contributed by atoms with Crippen molar-refractivity contribution in [2.75, 3.05) is 0 Å². The van der Waals surface area contributed by atoms with Crippen molar-refractivity contribution >= 4 is 0 Å². The van der Waals surface area contributed by atoms with Crippen LogP contribution in [0.25, 0.3) is 0 Å². The Labute approximate surface area is 68.6 Å². The fraction of sp³-hybridized carbons (Fsp3) is 0.778. The van der Waals surface area contributed by atoms with Crippen LogP contribution in [-0.2, 0) is 0 Å². The molecule has 66 valence electrons. The lowest BCUT2D eigenvalue weighted by Crippen LogP contribution is -2.04. The van der Waals surface area contributed by atoms with Gasteiger partial charge in [0.15, 0.2) is 0 Å². The van der Waals surface area contributed by atoms with E-state index in [-0.39, 0.29) is 0 Å². The first-order valence-electron chi connectivity index (χ1n) is 4.01. The second kappa shape index (κ2) is 4.39. The lowest BCUT2D eigenvalue weighted by molar-refractivity contribution is 0.175. The summed E-state index contributed by atoms with van der Waals surface area (Å²) in [5.41, 5.74) is 0.964. The van der Waals surface area contributed by atoms with Crippen LogP contribution in [0.15, 0.2) is 11.3 Å². The topological polar surface area (TPSA) is 40.5 Å². The van der Waals surface area contributed by atoms with E-state index in [2.05, 4.69) is 0 Å². The predicted molar refractivity (Wildman–Crippen MR) is 46.5 cm³/mol. The first-order valence-corrected chi connectivity index (χ1v) is 4.01. The zero-order valence-electron chi connectivity index (χ0n) is 7.76. The van der Waals surface area contributed by atoms with Gasteiger partial charge >= 0.3 is 0 Å². The molecule has 0 aliphatic heterocycles. The third-order valence-corrected chi connectivity index (χ3v) is 1.81. The van der Waals surface area contributed by atoms with Gasteiger partial charge in [0.25, 0.3) is 0 Å². The van der Waals surface area contributed by atoms with Gasteiger partial charge in [-0.1, -0.05) is 13.8 Å². The van der Waals surface area contributed by atoms with Crippen LogP contribution in [0.5, 0.6) is 0 Å². The highest BCUT2D eigenvalue weighted by Crippen LogP contribution is 2.15. The molecule has 2 nitrogen and oxygen atoms in total. The Hall–Kier alpha value is -0.500. The molecular weight excluding hydrogens is 140 g/mol. The fourth-order valence-electron chi connectivity index (χ4n) is 0.774. The van der Waals surface area contributed by atoms with Gasteiger partial charge in [0.1, 0.15) is 0 Å². The van der Waals surface area contributed by atoms with E-state index in [1.54, 1.807) is 6.92 Å². The third-order valence-electron chi connectivity index (χ3n) is 1.81. The maximum atomic E-state index is 9.38. The summed E-state index contributed by atoms with van der Waals surface area (Å²) in [4.78, 5) is 0. The summed E-state index contributed by atoms with van der Waals surface area (Å²) >= 11 is 0. The molecule has 0 aliphatic carbocycles. The number of aliphatic hydroxyl groups is 2. The molecule has 0 aromatic rings. The lowest BCUT2D eigenvalue weighted by atomic mass is 10.0. The number of hydrogen-bond acceptors (Lipinski definition) is 2. The van der Waals surface area contributed by atoms with E-state index in [1.807, 2.05) is 20.8 Å². The van der Waals surface area contributed by atoms with E-state index in [4.69, 9.17) is 5.11 Å². The Morgan fingerprint density at radius 3 is 2.00 bits per heavy atom. The Bertz CT molecular complexity index is 146. The van der Waals surface area contributed by atoms with Gasteiger partial charge in [-0.2, -0.15) is 0 Å². The van der Waals surface area contributed by atoms with Crippen molar-refractivity contribution in [2.24, 2.45) is 5.92 Å². The number of rotatable bonds is 3. The van der Waals surface area contributed by atoms with Crippen molar-refractivity contribution in [2.45, 2.75) is 40.2 Å². The summed E-state index contributed by atoms with van der Waals surface area (Å²) in [6, 6.07) is 0. The molecular formula is C9H18O2. The van der Waals surface area contributed by atoms with Gasteiger partial charge in [-0.25, -0.2) is 0 Å². The summed E-state index contributed by atoms with van der Waals surface area (Å²) in [6.45, 7) is 7.60.